The van der Waals surface area contributed by atoms with Crippen molar-refractivity contribution in [1.82, 2.24) is 15.2 Å². The quantitative estimate of drug-likeness (QED) is 0.757. The number of alkyl halides is 3. The maximum Gasteiger partial charge on any atom is 0.401 e. The highest BCUT2D eigenvalue weighted by atomic mass is 19.4. The Morgan fingerprint density at radius 2 is 1.89 bits per heavy atom. The van der Waals surface area contributed by atoms with Crippen molar-refractivity contribution in [2.45, 2.75) is 12.6 Å². The van der Waals surface area contributed by atoms with E-state index in [9.17, 15) is 13.2 Å². The first-order chi connectivity index (χ1) is 8.47. The second-order valence-corrected chi connectivity index (χ2v) is 4.20. The van der Waals surface area contributed by atoms with Crippen LogP contribution >= 0.6 is 0 Å². The van der Waals surface area contributed by atoms with E-state index in [4.69, 9.17) is 0 Å². The molecule has 0 unspecified atom stereocenters. The summed E-state index contributed by atoms with van der Waals surface area (Å²) in [7, 11) is 1.90. The Kier molecular flexibility index (Phi) is 6.07. The van der Waals surface area contributed by atoms with Crippen molar-refractivity contribution in [2.24, 2.45) is 0 Å². The molecule has 0 saturated heterocycles. The van der Waals surface area contributed by atoms with Gasteiger partial charge in [0.1, 0.15) is 0 Å². The standard InChI is InChI=1S/C12H18F3N3/c1-18(9-7-17-10-12(13,14)15)8-4-11-2-5-16-6-3-11/h2-3,5-6,17H,4,7-10H2,1H3. The second kappa shape index (κ2) is 7.33. The Hall–Kier alpha value is -1.14. The molecule has 0 saturated carbocycles. The molecule has 0 spiro atoms. The van der Waals surface area contributed by atoms with Gasteiger partial charge in [-0.05, 0) is 31.2 Å². The molecule has 6 heteroatoms. The number of pyridine rings is 1. The van der Waals surface area contributed by atoms with Crippen molar-refractivity contribution in [2.75, 3.05) is 33.2 Å². The van der Waals surface area contributed by atoms with E-state index >= 15 is 0 Å². The zero-order valence-electron chi connectivity index (χ0n) is 10.4. The molecule has 0 aliphatic rings. The minimum Gasteiger partial charge on any atom is -0.307 e. The molecular weight excluding hydrogens is 243 g/mol. The zero-order valence-corrected chi connectivity index (χ0v) is 10.4. The van der Waals surface area contributed by atoms with Gasteiger partial charge in [-0.15, -0.1) is 0 Å². The highest BCUT2D eigenvalue weighted by Crippen LogP contribution is 2.11. The molecule has 0 atom stereocenters. The Balaban J connectivity index is 2.09. The summed E-state index contributed by atoms with van der Waals surface area (Å²) >= 11 is 0. The Bertz CT molecular complexity index is 327. The largest absolute Gasteiger partial charge is 0.401 e. The van der Waals surface area contributed by atoms with Crippen LogP contribution in [0.2, 0.25) is 0 Å². The number of halogens is 3. The van der Waals surface area contributed by atoms with Gasteiger partial charge in [-0.1, -0.05) is 0 Å². The van der Waals surface area contributed by atoms with Crippen molar-refractivity contribution in [1.29, 1.82) is 0 Å². The topological polar surface area (TPSA) is 28.2 Å². The Morgan fingerprint density at radius 1 is 1.22 bits per heavy atom. The first kappa shape index (κ1) is 14.9. The number of nitrogens with one attached hydrogen (secondary N) is 1. The smallest absolute Gasteiger partial charge is 0.307 e. The molecule has 0 radical (unpaired) electrons. The molecule has 0 bridgehead atoms. The molecule has 1 N–H and O–H groups in total. The van der Waals surface area contributed by atoms with Crippen molar-refractivity contribution >= 4 is 0 Å². The van der Waals surface area contributed by atoms with Crippen molar-refractivity contribution < 1.29 is 13.2 Å². The monoisotopic (exact) mass is 261 g/mol. The van der Waals surface area contributed by atoms with Crippen LogP contribution in [0.25, 0.3) is 0 Å². The van der Waals surface area contributed by atoms with Gasteiger partial charge in [-0.2, -0.15) is 13.2 Å². The van der Waals surface area contributed by atoms with Crippen LogP contribution in [-0.4, -0.2) is 49.3 Å². The summed E-state index contributed by atoms with van der Waals surface area (Å²) in [4.78, 5) is 5.93. The summed E-state index contributed by atoms with van der Waals surface area (Å²) in [5.74, 6) is 0. The third kappa shape index (κ3) is 7.24. The summed E-state index contributed by atoms with van der Waals surface area (Å²) < 4.78 is 35.6. The van der Waals surface area contributed by atoms with Gasteiger partial charge in [0.2, 0.25) is 0 Å². The van der Waals surface area contributed by atoms with Gasteiger partial charge in [-0.3, -0.25) is 4.98 Å². The number of likely N-dealkylation sites (N-methyl/N-ethyl adjacent to an activating group) is 1. The molecule has 0 aliphatic carbocycles. The molecule has 0 aromatic carbocycles. The van der Waals surface area contributed by atoms with Crippen LogP contribution in [0.1, 0.15) is 5.56 Å². The number of aromatic nitrogens is 1. The van der Waals surface area contributed by atoms with Crippen LogP contribution in [0, 0.1) is 0 Å². The maximum absolute atomic E-state index is 11.9. The molecule has 1 heterocycles. The van der Waals surface area contributed by atoms with Gasteiger partial charge in [0.05, 0.1) is 6.54 Å². The van der Waals surface area contributed by atoms with Crippen LogP contribution in [0.5, 0.6) is 0 Å². The fraction of sp³-hybridized carbons (Fsp3) is 0.583. The van der Waals surface area contributed by atoms with Gasteiger partial charge < -0.3 is 10.2 Å². The van der Waals surface area contributed by atoms with E-state index in [1.54, 1.807) is 12.4 Å². The summed E-state index contributed by atoms with van der Waals surface area (Å²) in [5.41, 5.74) is 1.18. The predicted octanol–water partition coefficient (Wildman–Crippen LogP) is 1.71. The highest BCUT2D eigenvalue weighted by Gasteiger charge is 2.25. The molecule has 102 valence electrons. The molecule has 3 nitrogen and oxygen atoms in total. The van der Waals surface area contributed by atoms with Crippen molar-refractivity contribution in [3.8, 4) is 0 Å². The van der Waals surface area contributed by atoms with Crippen LogP contribution in [0.4, 0.5) is 13.2 Å². The molecule has 1 rings (SSSR count). The minimum atomic E-state index is -4.13. The van der Waals surface area contributed by atoms with E-state index in [2.05, 4.69) is 10.3 Å². The fourth-order valence-corrected chi connectivity index (χ4v) is 1.48. The lowest BCUT2D eigenvalue weighted by atomic mass is 10.2. The van der Waals surface area contributed by atoms with E-state index in [1.807, 2.05) is 24.1 Å². The molecule has 0 aliphatic heterocycles. The average Bonchev–Trinajstić information content (AvgIpc) is 2.32. The summed E-state index contributed by atoms with van der Waals surface area (Å²) in [6.45, 7) is 0.830. The number of nitrogens with zero attached hydrogens (tertiary/aromatic N) is 2. The SMILES string of the molecule is CN(CCNCC(F)(F)F)CCc1ccncc1. The highest BCUT2D eigenvalue weighted by molar-refractivity contribution is 5.09. The lowest BCUT2D eigenvalue weighted by Crippen LogP contribution is -2.35. The molecule has 1 aromatic rings. The molecule has 18 heavy (non-hydrogen) atoms. The molecule has 0 fully saturated rings. The average molecular weight is 261 g/mol. The molecular formula is C12H18F3N3. The van der Waals surface area contributed by atoms with Crippen LogP contribution in [-0.2, 0) is 6.42 Å². The lowest BCUT2D eigenvalue weighted by Gasteiger charge is -2.17. The number of hydrogen-bond donors (Lipinski definition) is 1. The van der Waals surface area contributed by atoms with Crippen molar-refractivity contribution in [3.05, 3.63) is 30.1 Å². The molecule has 1 aromatic heterocycles. The predicted molar refractivity (Wildman–Crippen MR) is 64.4 cm³/mol. The fourth-order valence-electron chi connectivity index (χ4n) is 1.48. The van der Waals surface area contributed by atoms with E-state index in [0.29, 0.717) is 13.1 Å². The maximum atomic E-state index is 11.9. The third-order valence-corrected chi connectivity index (χ3v) is 2.53. The zero-order chi connectivity index (χ0) is 13.4. The van der Waals surface area contributed by atoms with Gasteiger partial charge in [0, 0.05) is 32.0 Å². The molecule has 0 amide bonds. The Morgan fingerprint density at radius 3 is 2.50 bits per heavy atom. The van der Waals surface area contributed by atoms with Crippen molar-refractivity contribution in [3.63, 3.8) is 0 Å². The van der Waals surface area contributed by atoms with E-state index in [1.165, 1.54) is 5.56 Å². The summed E-state index contributed by atoms with van der Waals surface area (Å²) in [5, 5.41) is 2.38. The van der Waals surface area contributed by atoms with Crippen LogP contribution in [0.15, 0.2) is 24.5 Å². The van der Waals surface area contributed by atoms with Crippen LogP contribution in [0.3, 0.4) is 0 Å². The third-order valence-electron chi connectivity index (χ3n) is 2.53. The Labute approximate surface area is 105 Å². The van der Waals surface area contributed by atoms with Gasteiger partial charge >= 0.3 is 6.18 Å². The van der Waals surface area contributed by atoms with E-state index in [-0.39, 0.29) is 0 Å². The second-order valence-electron chi connectivity index (χ2n) is 4.20. The van der Waals surface area contributed by atoms with E-state index in [0.717, 1.165) is 13.0 Å². The minimum absolute atomic E-state index is 0.340. The van der Waals surface area contributed by atoms with Gasteiger partial charge in [0.25, 0.3) is 0 Å². The first-order valence-corrected chi connectivity index (χ1v) is 5.82. The normalized spacial score (nSPS) is 12.1. The number of hydrogen-bond acceptors (Lipinski definition) is 3. The van der Waals surface area contributed by atoms with Crippen LogP contribution < -0.4 is 5.32 Å². The van der Waals surface area contributed by atoms with Gasteiger partial charge in [0.15, 0.2) is 0 Å². The first-order valence-electron chi connectivity index (χ1n) is 5.82. The van der Waals surface area contributed by atoms with Gasteiger partial charge in [-0.25, -0.2) is 0 Å². The lowest BCUT2D eigenvalue weighted by molar-refractivity contribution is -0.124. The summed E-state index contributed by atoms with van der Waals surface area (Å²) in [6.07, 6.45) is 0.217. The van der Waals surface area contributed by atoms with E-state index < -0.39 is 12.7 Å². The summed E-state index contributed by atoms with van der Waals surface area (Å²) in [6, 6.07) is 3.88. The number of rotatable bonds is 7.